The molecule has 0 spiro atoms. The Balaban J connectivity index is 2.27. The molecule has 3 N–H and O–H groups in total. The molecule has 0 heterocycles. The zero-order valence-electron chi connectivity index (χ0n) is 13.4. The van der Waals surface area contributed by atoms with Crippen LogP contribution in [0, 0.1) is 19.3 Å². The zero-order valence-corrected chi connectivity index (χ0v) is 14.2. The SMILES string of the molecule is Cc1cc(N)cc(S(=O)(=O)NC2CCCC(C)(C)C2)c1C. The smallest absolute Gasteiger partial charge is 0.241 e. The quantitative estimate of drug-likeness (QED) is 0.842. The van der Waals surface area contributed by atoms with Gasteiger partial charge in [0, 0.05) is 11.7 Å². The fourth-order valence-corrected chi connectivity index (χ4v) is 4.84. The first-order valence-electron chi connectivity index (χ1n) is 7.50. The summed E-state index contributed by atoms with van der Waals surface area (Å²) in [6.45, 7) is 8.11. The van der Waals surface area contributed by atoms with E-state index in [4.69, 9.17) is 5.73 Å². The van der Waals surface area contributed by atoms with Gasteiger partial charge >= 0.3 is 0 Å². The first-order valence-corrected chi connectivity index (χ1v) is 8.98. The van der Waals surface area contributed by atoms with Crippen molar-refractivity contribution >= 4 is 15.7 Å². The predicted octanol–water partition coefficient (Wildman–Crippen LogP) is 3.13. The van der Waals surface area contributed by atoms with Gasteiger partial charge in [0.25, 0.3) is 0 Å². The van der Waals surface area contributed by atoms with Crippen LogP contribution in [0.5, 0.6) is 0 Å². The Morgan fingerprint density at radius 2 is 1.95 bits per heavy atom. The van der Waals surface area contributed by atoms with E-state index in [1.54, 1.807) is 12.1 Å². The molecule has 1 aliphatic rings. The average Bonchev–Trinajstić information content (AvgIpc) is 2.31. The van der Waals surface area contributed by atoms with Crippen LogP contribution in [-0.2, 0) is 10.0 Å². The standard InChI is InChI=1S/C16H26N2O2S/c1-11-8-13(17)9-15(12(11)2)21(19,20)18-14-6-5-7-16(3,4)10-14/h8-9,14,18H,5-7,10,17H2,1-4H3. The Morgan fingerprint density at radius 1 is 1.29 bits per heavy atom. The molecule has 1 aromatic carbocycles. The van der Waals surface area contributed by atoms with Crippen molar-refractivity contribution in [2.75, 3.05) is 5.73 Å². The summed E-state index contributed by atoms with van der Waals surface area (Å²) in [4.78, 5) is 0.309. The lowest BCUT2D eigenvalue weighted by Gasteiger charge is -2.35. The Kier molecular flexibility index (Phi) is 4.36. The number of aryl methyl sites for hydroxylation is 1. The number of nitrogens with one attached hydrogen (secondary N) is 1. The molecule has 0 bridgehead atoms. The van der Waals surface area contributed by atoms with Crippen molar-refractivity contribution in [3.05, 3.63) is 23.3 Å². The van der Waals surface area contributed by atoms with E-state index in [0.29, 0.717) is 10.6 Å². The van der Waals surface area contributed by atoms with Crippen molar-refractivity contribution in [3.63, 3.8) is 0 Å². The van der Waals surface area contributed by atoms with Crippen molar-refractivity contribution in [3.8, 4) is 0 Å². The van der Waals surface area contributed by atoms with Gasteiger partial charge in [-0.2, -0.15) is 0 Å². The van der Waals surface area contributed by atoms with E-state index < -0.39 is 10.0 Å². The van der Waals surface area contributed by atoms with Gasteiger partial charge in [-0.05, 0) is 61.8 Å². The number of hydrogen-bond acceptors (Lipinski definition) is 3. The van der Waals surface area contributed by atoms with Crippen LogP contribution in [0.1, 0.15) is 50.7 Å². The molecule has 0 aliphatic heterocycles. The third kappa shape index (κ3) is 3.77. The Morgan fingerprint density at radius 3 is 2.57 bits per heavy atom. The highest BCUT2D eigenvalue weighted by Crippen LogP contribution is 2.35. The monoisotopic (exact) mass is 310 g/mol. The van der Waals surface area contributed by atoms with Crippen LogP contribution in [0.25, 0.3) is 0 Å². The molecule has 0 radical (unpaired) electrons. The van der Waals surface area contributed by atoms with E-state index in [1.807, 2.05) is 13.8 Å². The van der Waals surface area contributed by atoms with Crippen molar-refractivity contribution < 1.29 is 8.42 Å². The minimum Gasteiger partial charge on any atom is -0.399 e. The van der Waals surface area contributed by atoms with Gasteiger partial charge in [-0.25, -0.2) is 13.1 Å². The van der Waals surface area contributed by atoms with Gasteiger partial charge in [0.1, 0.15) is 0 Å². The molecular weight excluding hydrogens is 284 g/mol. The summed E-state index contributed by atoms with van der Waals surface area (Å²) in [7, 11) is -3.52. The second-order valence-electron chi connectivity index (χ2n) is 7.04. The Bertz CT molecular complexity index is 636. The third-order valence-electron chi connectivity index (χ3n) is 4.46. The Hall–Kier alpha value is -1.07. The van der Waals surface area contributed by atoms with E-state index in [9.17, 15) is 8.42 Å². The summed E-state index contributed by atoms with van der Waals surface area (Å²) < 4.78 is 28.2. The van der Waals surface area contributed by atoms with E-state index >= 15 is 0 Å². The number of benzene rings is 1. The highest BCUT2D eigenvalue weighted by Gasteiger charge is 2.31. The Labute approximate surface area is 128 Å². The molecule has 1 atom stereocenters. The lowest BCUT2D eigenvalue weighted by molar-refractivity contribution is 0.212. The number of sulfonamides is 1. The molecule has 21 heavy (non-hydrogen) atoms. The summed E-state index contributed by atoms with van der Waals surface area (Å²) in [5.41, 5.74) is 8.17. The van der Waals surface area contributed by atoms with Crippen molar-refractivity contribution in [2.24, 2.45) is 5.41 Å². The number of hydrogen-bond donors (Lipinski definition) is 2. The topological polar surface area (TPSA) is 72.2 Å². The van der Waals surface area contributed by atoms with Crippen molar-refractivity contribution in [1.29, 1.82) is 0 Å². The van der Waals surface area contributed by atoms with E-state index in [1.165, 1.54) is 0 Å². The minimum atomic E-state index is -3.52. The largest absolute Gasteiger partial charge is 0.399 e. The molecule has 0 amide bonds. The van der Waals surface area contributed by atoms with Gasteiger partial charge in [0.05, 0.1) is 4.90 Å². The van der Waals surface area contributed by atoms with Gasteiger partial charge in [0.15, 0.2) is 0 Å². The molecule has 1 unspecified atom stereocenters. The van der Waals surface area contributed by atoms with Gasteiger partial charge in [0.2, 0.25) is 10.0 Å². The lowest BCUT2D eigenvalue weighted by Crippen LogP contribution is -2.40. The molecule has 1 aliphatic carbocycles. The normalized spacial score (nSPS) is 22.2. The van der Waals surface area contributed by atoms with Crippen molar-refractivity contribution in [2.45, 2.75) is 64.3 Å². The molecule has 1 aromatic rings. The summed E-state index contributed by atoms with van der Waals surface area (Å²) in [6.07, 6.45) is 4.01. The lowest BCUT2D eigenvalue weighted by atomic mass is 9.75. The molecular formula is C16H26N2O2S. The molecule has 118 valence electrons. The highest BCUT2D eigenvalue weighted by atomic mass is 32.2. The fraction of sp³-hybridized carbons (Fsp3) is 0.625. The molecule has 1 saturated carbocycles. The number of nitrogens with two attached hydrogens (primary N) is 1. The maximum absolute atomic E-state index is 12.7. The summed E-state index contributed by atoms with van der Waals surface area (Å²) >= 11 is 0. The second kappa shape index (κ2) is 5.61. The van der Waals surface area contributed by atoms with E-state index in [0.717, 1.165) is 36.8 Å². The van der Waals surface area contributed by atoms with E-state index in [2.05, 4.69) is 18.6 Å². The van der Waals surface area contributed by atoms with Crippen LogP contribution < -0.4 is 10.5 Å². The van der Waals surface area contributed by atoms with Crippen LogP contribution in [0.2, 0.25) is 0 Å². The molecule has 2 rings (SSSR count). The number of rotatable bonds is 3. The van der Waals surface area contributed by atoms with Crippen molar-refractivity contribution in [1.82, 2.24) is 4.72 Å². The molecule has 0 saturated heterocycles. The summed E-state index contributed by atoms with van der Waals surface area (Å²) in [6, 6.07) is 3.37. The van der Waals surface area contributed by atoms with Gasteiger partial charge in [-0.1, -0.05) is 20.3 Å². The summed E-state index contributed by atoms with van der Waals surface area (Å²) in [5.74, 6) is 0. The predicted molar refractivity (Wildman–Crippen MR) is 86.7 cm³/mol. The maximum atomic E-state index is 12.7. The number of anilines is 1. The number of nitrogen functional groups attached to an aromatic ring is 1. The first kappa shape index (κ1) is 16.3. The van der Waals surface area contributed by atoms with Crippen LogP contribution in [0.15, 0.2) is 17.0 Å². The molecule has 0 aromatic heterocycles. The van der Waals surface area contributed by atoms with Gasteiger partial charge < -0.3 is 5.73 Å². The van der Waals surface area contributed by atoms with Crippen LogP contribution >= 0.6 is 0 Å². The van der Waals surface area contributed by atoms with Crippen LogP contribution in [-0.4, -0.2) is 14.5 Å². The molecule has 4 nitrogen and oxygen atoms in total. The third-order valence-corrected chi connectivity index (χ3v) is 6.11. The molecule has 1 fully saturated rings. The van der Waals surface area contributed by atoms with E-state index in [-0.39, 0.29) is 11.5 Å². The maximum Gasteiger partial charge on any atom is 0.241 e. The second-order valence-corrected chi connectivity index (χ2v) is 8.72. The van der Waals surface area contributed by atoms with Gasteiger partial charge in [-0.15, -0.1) is 0 Å². The van der Waals surface area contributed by atoms with Crippen LogP contribution in [0.3, 0.4) is 0 Å². The average molecular weight is 310 g/mol. The fourth-order valence-electron chi connectivity index (χ4n) is 3.21. The van der Waals surface area contributed by atoms with Crippen LogP contribution in [0.4, 0.5) is 5.69 Å². The molecule has 5 heteroatoms. The minimum absolute atomic E-state index is 0.0138. The highest BCUT2D eigenvalue weighted by molar-refractivity contribution is 7.89. The zero-order chi connectivity index (χ0) is 15.8. The summed E-state index contributed by atoms with van der Waals surface area (Å²) in [5, 5.41) is 0. The van der Waals surface area contributed by atoms with Gasteiger partial charge in [-0.3, -0.25) is 0 Å². The first-order chi connectivity index (χ1) is 9.61.